The standard InChI is InChI=1S/C23H23ClN2O7/c1-25(23(13-7-6-12-20(23)27)16-8-2-3-9-17(16)24)21(28)14-33-22(29)15-32-19-11-5-4-10-18(19)26(30)31/h2-5,8-11H,6-7,12-15H2,1H3/t23-/m1/s1. The summed E-state index contributed by atoms with van der Waals surface area (Å²) >= 11 is 6.38. The summed E-state index contributed by atoms with van der Waals surface area (Å²) in [6.45, 7) is -1.23. The SMILES string of the molecule is CN(C(=O)COC(=O)COc1ccccc1[N+](=O)[O-])[C@@]1(c2ccccc2Cl)CCCCC1=O. The monoisotopic (exact) mass is 474 g/mol. The lowest BCUT2D eigenvalue weighted by Crippen LogP contribution is -2.55. The van der Waals surface area contributed by atoms with Crippen molar-refractivity contribution in [3.05, 3.63) is 69.2 Å². The molecule has 0 spiro atoms. The number of esters is 1. The second-order valence-corrected chi connectivity index (χ2v) is 8.00. The van der Waals surface area contributed by atoms with E-state index in [1.165, 1.54) is 36.2 Å². The molecule has 0 heterocycles. The first kappa shape index (κ1) is 24.2. The Hall–Kier alpha value is -3.46. The summed E-state index contributed by atoms with van der Waals surface area (Å²) in [6.07, 6.45) is 2.18. The number of carbonyl (C=O) groups excluding carboxylic acids is 3. The Labute approximate surface area is 195 Å². The lowest BCUT2D eigenvalue weighted by Gasteiger charge is -2.43. The van der Waals surface area contributed by atoms with E-state index in [1.54, 1.807) is 24.3 Å². The highest BCUT2D eigenvalue weighted by atomic mass is 35.5. The summed E-state index contributed by atoms with van der Waals surface area (Å²) in [7, 11) is 1.49. The van der Waals surface area contributed by atoms with Gasteiger partial charge in [0.25, 0.3) is 5.91 Å². The molecule has 1 fully saturated rings. The summed E-state index contributed by atoms with van der Waals surface area (Å²) in [6, 6.07) is 12.5. The van der Waals surface area contributed by atoms with Crippen LogP contribution in [-0.4, -0.2) is 47.7 Å². The van der Waals surface area contributed by atoms with Gasteiger partial charge in [0.05, 0.1) is 4.92 Å². The number of halogens is 1. The van der Waals surface area contributed by atoms with Gasteiger partial charge in [0, 0.05) is 30.1 Å². The molecule has 33 heavy (non-hydrogen) atoms. The summed E-state index contributed by atoms with van der Waals surface area (Å²) in [5.74, 6) is -1.67. The molecule has 1 aliphatic rings. The van der Waals surface area contributed by atoms with Crippen molar-refractivity contribution in [3.63, 3.8) is 0 Å². The van der Waals surface area contributed by atoms with Crippen molar-refractivity contribution < 1.29 is 28.8 Å². The number of hydrogen-bond donors (Lipinski definition) is 0. The molecule has 1 aliphatic carbocycles. The van der Waals surface area contributed by atoms with Crippen LogP contribution in [0.2, 0.25) is 5.02 Å². The van der Waals surface area contributed by atoms with Crippen LogP contribution in [0.3, 0.4) is 0 Å². The van der Waals surface area contributed by atoms with Crippen LogP contribution < -0.4 is 4.74 Å². The van der Waals surface area contributed by atoms with Gasteiger partial charge >= 0.3 is 11.7 Å². The maximum absolute atomic E-state index is 13.1. The van der Waals surface area contributed by atoms with Crippen LogP contribution in [0, 0.1) is 10.1 Å². The van der Waals surface area contributed by atoms with Crippen LogP contribution in [0.25, 0.3) is 0 Å². The van der Waals surface area contributed by atoms with Gasteiger partial charge in [-0.3, -0.25) is 19.7 Å². The van der Waals surface area contributed by atoms with Crippen LogP contribution in [0.1, 0.15) is 31.2 Å². The summed E-state index contributed by atoms with van der Waals surface area (Å²) in [4.78, 5) is 49.8. The minimum absolute atomic E-state index is 0.0895. The third-order valence-electron chi connectivity index (χ3n) is 5.68. The first-order valence-corrected chi connectivity index (χ1v) is 10.7. The van der Waals surface area contributed by atoms with E-state index in [0.717, 1.165) is 12.8 Å². The lowest BCUT2D eigenvalue weighted by molar-refractivity contribution is -0.385. The molecule has 1 atom stereocenters. The van der Waals surface area contributed by atoms with Gasteiger partial charge < -0.3 is 14.4 Å². The van der Waals surface area contributed by atoms with Gasteiger partial charge in [0.1, 0.15) is 5.54 Å². The molecule has 10 heteroatoms. The van der Waals surface area contributed by atoms with E-state index in [9.17, 15) is 24.5 Å². The molecule has 1 saturated carbocycles. The average molecular weight is 475 g/mol. The molecule has 0 bridgehead atoms. The molecular weight excluding hydrogens is 452 g/mol. The molecule has 1 amide bonds. The van der Waals surface area contributed by atoms with Crippen molar-refractivity contribution in [2.75, 3.05) is 20.3 Å². The van der Waals surface area contributed by atoms with E-state index in [-0.39, 0.29) is 17.2 Å². The number of hydrogen-bond acceptors (Lipinski definition) is 7. The molecule has 174 valence electrons. The number of nitro benzene ring substituents is 1. The number of likely N-dealkylation sites (N-methyl/N-ethyl adjacent to an activating group) is 1. The van der Waals surface area contributed by atoms with E-state index in [2.05, 4.69) is 0 Å². The molecule has 2 aromatic carbocycles. The zero-order valence-corrected chi connectivity index (χ0v) is 18.7. The van der Waals surface area contributed by atoms with Gasteiger partial charge in [-0.05, 0) is 31.4 Å². The number of nitrogens with zero attached hydrogens (tertiary/aromatic N) is 2. The average Bonchev–Trinajstić information content (AvgIpc) is 2.81. The number of amides is 1. The third kappa shape index (κ3) is 5.14. The van der Waals surface area contributed by atoms with Gasteiger partial charge in [-0.15, -0.1) is 0 Å². The van der Waals surface area contributed by atoms with Gasteiger partial charge in [-0.25, -0.2) is 4.79 Å². The Bertz CT molecular complexity index is 1070. The van der Waals surface area contributed by atoms with Crippen LogP contribution >= 0.6 is 11.6 Å². The van der Waals surface area contributed by atoms with E-state index in [0.29, 0.717) is 23.4 Å². The van der Waals surface area contributed by atoms with Gasteiger partial charge in [0.15, 0.2) is 24.7 Å². The zero-order chi connectivity index (χ0) is 24.0. The smallest absolute Gasteiger partial charge is 0.344 e. The maximum atomic E-state index is 13.1. The van der Waals surface area contributed by atoms with Crippen molar-refractivity contribution in [2.45, 2.75) is 31.2 Å². The number of para-hydroxylation sites is 2. The van der Waals surface area contributed by atoms with Crippen molar-refractivity contribution >= 4 is 34.9 Å². The zero-order valence-electron chi connectivity index (χ0n) is 18.0. The Morgan fingerprint density at radius 3 is 2.52 bits per heavy atom. The summed E-state index contributed by atoms with van der Waals surface area (Å²) in [5.41, 5.74) is -0.988. The lowest BCUT2D eigenvalue weighted by atomic mass is 9.74. The van der Waals surface area contributed by atoms with Gasteiger partial charge in [0.2, 0.25) is 0 Å². The van der Waals surface area contributed by atoms with E-state index in [1.807, 2.05) is 0 Å². The van der Waals surface area contributed by atoms with E-state index in [4.69, 9.17) is 21.1 Å². The van der Waals surface area contributed by atoms with Crippen molar-refractivity contribution in [2.24, 2.45) is 0 Å². The van der Waals surface area contributed by atoms with E-state index < -0.39 is 35.6 Å². The number of Topliss-reactive ketones (excluding diaryl/α,β-unsaturated/α-hetero) is 1. The quantitative estimate of drug-likeness (QED) is 0.325. The molecule has 9 nitrogen and oxygen atoms in total. The van der Waals surface area contributed by atoms with Crippen molar-refractivity contribution in [3.8, 4) is 5.75 Å². The Balaban J connectivity index is 1.67. The van der Waals surface area contributed by atoms with Crippen molar-refractivity contribution in [1.29, 1.82) is 0 Å². The molecule has 2 aromatic rings. The van der Waals surface area contributed by atoms with Gasteiger partial charge in [-0.1, -0.05) is 41.9 Å². The predicted molar refractivity (Wildman–Crippen MR) is 119 cm³/mol. The predicted octanol–water partition coefficient (Wildman–Crippen LogP) is 3.67. The highest BCUT2D eigenvalue weighted by Gasteiger charge is 2.48. The normalized spacial score (nSPS) is 17.8. The largest absolute Gasteiger partial charge is 0.475 e. The highest BCUT2D eigenvalue weighted by molar-refractivity contribution is 6.31. The number of ether oxygens (including phenoxy) is 2. The van der Waals surface area contributed by atoms with Crippen LogP contribution in [0.4, 0.5) is 5.69 Å². The van der Waals surface area contributed by atoms with Crippen LogP contribution in [-0.2, 0) is 24.7 Å². The molecule has 0 aromatic heterocycles. The van der Waals surface area contributed by atoms with Crippen LogP contribution in [0.5, 0.6) is 5.75 Å². The Kier molecular flexibility index (Phi) is 7.65. The number of ketones is 1. The Morgan fingerprint density at radius 1 is 1.12 bits per heavy atom. The first-order valence-electron chi connectivity index (χ1n) is 10.3. The number of carbonyl (C=O) groups is 3. The molecule has 3 rings (SSSR count). The first-order chi connectivity index (χ1) is 15.8. The maximum Gasteiger partial charge on any atom is 0.344 e. The van der Waals surface area contributed by atoms with Crippen molar-refractivity contribution in [1.82, 2.24) is 4.90 Å². The second-order valence-electron chi connectivity index (χ2n) is 7.60. The Morgan fingerprint density at radius 2 is 1.82 bits per heavy atom. The molecular formula is C23H23ClN2O7. The minimum Gasteiger partial charge on any atom is -0.475 e. The number of rotatable bonds is 8. The molecule has 0 aliphatic heterocycles. The van der Waals surface area contributed by atoms with E-state index >= 15 is 0 Å². The number of benzene rings is 2. The number of nitro groups is 1. The molecule has 0 N–H and O–H groups in total. The fourth-order valence-corrected chi connectivity index (χ4v) is 4.28. The molecule has 0 radical (unpaired) electrons. The summed E-state index contributed by atoms with van der Waals surface area (Å²) < 4.78 is 10.2. The third-order valence-corrected chi connectivity index (χ3v) is 6.01. The molecule has 0 saturated heterocycles. The fourth-order valence-electron chi connectivity index (χ4n) is 3.99. The topological polar surface area (TPSA) is 116 Å². The minimum atomic E-state index is -1.23. The summed E-state index contributed by atoms with van der Waals surface area (Å²) in [5, 5.41) is 11.4. The molecule has 0 unspecified atom stereocenters. The second kappa shape index (κ2) is 10.4. The highest BCUT2D eigenvalue weighted by Crippen LogP contribution is 2.42. The van der Waals surface area contributed by atoms with Gasteiger partial charge in [-0.2, -0.15) is 0 Å². The fraction of sp³-hybridized carbons (Fsp3) is 0.348. The van der Waals surface area contributed by atoms with Crippen LogP contribution in [0.15, 0.2) is 48.5 Å².